The van der Waals surface area contributed by atoms with Crippen molar-refractivity contribution in [2.75, 3.05) is 0 Å². The lowest BCUT2D eigenvalue weighted by molar-refractivity contribution is 0.194. The molecule has 0 spiro atoms. The van der Waals surface area contributed by atoms with E-state index in [1.807, 2.05) is 0 Å². The van der Waals surface area contributed by atoms with E-state index in [0.717, 1.165) is 0 Å². The topological polar surface area (TPSA) is 37.5 Å². The normalized spacial score (nSPS) is 12.8. The van der Waals surface area contributed by atoms with E-state index in [-0.39, 0.29) is 11.5 Å². The average molecular weight is 274 g/mol. The first-order valence-corrected chi connectivity index (χ1v) is 6.18. The van der Waals surface area contributed by atoms with Crippen molar-refractivity contribution in [2.24, 2.45) is 0 Å². The number of aliphatic hydroxyl groups is 1. The first kappa shape index (κ1) is 12.7. The highest BCUT2D eigenvalue weighted by Gasteiger charge is 2.19. The standard InChI is InChI=1S/C15H12F2N2O/c1-9(20)14-13(10-4-6-11(16)7-5-10)18-15-12(17)3-2-8-19(14)15/h2-9,20H,1H3. The molecule has 0 saturated heterocycles. The van der Waals surface area contributed by atoms with Crippen LogP contribution in [0.15, 0.2) is 42.6 Å². The minimum absolute atomic E-state index is 0.141. The second-order valence-electron chi connectivity index (χ2n) is 4.58. The zero-order valence-corrected chi connectivity index (χ0v) is 10.7. The van der Waals surface area contributed by atoms with E-state index in [0.29, 0.717) is 17.0 Å². The molecule has 0 aliphatic carbocycles. The second-order valence-corrected chi connectivity index (χ2v) is 4.58. The van der Waals surface area contributed by atoms with Gasteiger partial charge in [0.25, 0.3) is 0 Å². The molecule has 0 aliphatic heterocycles. The molecule has 0 saturated carbocycles. The molecule has 1 aromatic carbocycles. The van der Waals surface area contributed by atoms with Crippen LogP contribution in [-0.2, 0) is 0 Å². The van der Waals surface area contributed by atoms with Gasteiger partial charge in [0, 0.05) is 11.8 Å². The molecule has 3 nitrogen and oxygen atoms in total. The Kier molecular flexibility index (Phi) is 2.99. The van der Waals surface area contributed by atoms with Crippen LogP contribution in [0.25, 0.3) is 16.9 Å². The molecule has 0 aliphatic rings. The van der Waals surface area contributed by atoms with Gasteiger partial charge in [-0.1, -0.05) is 0 Å². The van der Waals surface area contributed by atoms with E-state index in [1.54, 1.807) is 31.3 Å². The summed E-state index contributed by atoms with van der Waals surface area (Å²) >= 11 is 0. The van der Waals surface area contributed by atoms with Gasteiger partial charge in [-0.3, -0.25) is 4.40 Å². The number of benzene rings is 1. The van der Waals surface area contributed by atoms with Gasteiger partial charge in [0.15, 0.2) is 11.5 Å². The Balaban J connectivity index is 2.32. The van der Waals surface area contributed by atoms with Gasteiger partial charge >= 0.3 is 0 Å². The zero-order valence-electron chi connectivity index (χ0n) is 10.7. The first-order chi connectivity index (χ1) is 9.58. The quantitative estimate of drug-likeness (QED) is 0.778. The number of nitrogens with zero attached hydrogens (tertiary/aromatic N) is 2. The molecule has 102 valence electrons. The Bertz CT molecular complexity index is 763. The van der Waals surface area contributed by atoms with Crippen LogP contribution in [0.5, 0.6) is 0 Å². The summed E-state index contributed by atoms with van der Waals surface area (Å²) < 4.78 is 28.3. The van der Waals surface area contributed by atoms with Crippen molar-refractivity contribution in [1.82, 2.24) is 9.38 Å². The zero-order chi connectivity index (χ0) is 14.3. The van der Waals surface area contributed by atoms with Crippen molar-refractivity contribution in [1.29, 1.82) is 0 Å². The van der Waals surface area contributed by atoms with E-state index in [9.17, 15) is 13.9 Å². The Morgan fingerprint density at radius 3 is 2.50 bits per heavy atom. The van der Waals surface area contributed by atoms with Crippen molar-refractivity contribution in [3.8, 4) is 11.3 Å². The van der Waals surface area contributed by atoms with Crippen LogP contribution in [0, 0.1) is 11.6 Å². The Hall–Kier alpha value is -2.27. The number of hydrogen-bond donors (Lipinski definition) is 1. The highest BCUT2D eigenvalue weighted by atomic mass is 19.1. The van der Waals surface area contributed by atoms with E-state index in [2.05, 4.69) is 4.98 Å². The van der Waals surface area contributed by atoms with Gasteiger partial charge in [-0.2, -0.15) is 0 Å². The van der Waals surface area contributed by atoms with Crippen LogP contribution in [0.2, 0.25) is 0 Å². The number of aromatic nitrogens is 2. The molecule has 3 aromatic rings. The summed E-state index contributed by atoms with van der Waals surface area (Å²) in [6, 6.07) is 8.58. The third-order valence-electron chi connectivity index (χ3n) is 3.15. The number of fused-ring (bicyclic) bond motifs is 1. The minimum Gasteiger partial charge on any atom is -0.387 e. The van der Waals surface area contributed by atoms with Crippen molar-refractivity contribution in [3.05, 3.63) is 59.9 Å². The summed E-state index contributed by atoms with van der Waals surface area (Å²) in [6.45, 7) is 1.58. The fourth-order valence-electron chi connectivity index (χ4n) is 2.27. The SMILES string of the molecule is CC(O)c1c(-c2ccc(F)cc2)nc2c(F)cccn12. The monoisotopic (exact) mass is 274 g/mol. The molecule has 2 heterocycles. The number of pyridine rings is 1. The van der Waals surface area contributed by atoms with Crippen LogP contribution >= 0.6 is 0 Å². The molecule has 1 atom stereocenters. The lowest BCUT2D eigenvalue weighted by Gasteiger charge is -2.07. The van der Waals surface area contributed by atoms with Crippen molar-refractivity contribution < 1.29 is 13.9 Å². The molecule has 1 N–H and O–H groups in total. The van der Waals surface area contributed by atoms with Gasteiger partial charge in [0.2, 0.25) is 0 Å². The van der Waals surface area contributed by atoms with Crippen LogP contribution in [0.1, 0.15) is 18.7 Å². The molecule has 5 heteroatoms. The van der Waals surface area contributed by atoms with Gasteiger partial charge in [-0.25, -0.2) is 13.8 Å². The van der Waals surface area contributed by atoms with Crippen molar-refractivity contribution in [3.63, 3.8) is 0 Å². The van der Waals surface area contributed by atoms with Gasteiger partial charge in [0.05, 0.1) is 17.5 Å². The Labute approximate surface area is 114 Å². The summed E-state index contributed by atoms with van der Waals surface area (Å²) in [5, 5.41) is 9.94. The molecular weight excluding hydrogens is 262 g/mol. The van der Waals surface area contributed by atoms with Gasteiger partial charge in [-0.15, -0.1) is 0 Å². The molecular formula is C15H12F2N2O. The van der Waals surface area contributed by atoms with E-state index in [4.69, 9.17) is 0 Å². The highest BCUT2D eigenvalue weighted by Crippen LogP contribution is 2.29. The Morgan fingerprint density at radius 1 is 1.15 bits per heavy atom. The fourth-order valence-corrected chi connectivity index (χ4v) is 2.27. The highest BCUT2D eigenvalue weighted by molar-refractivity contribution is 5.67. The molecule has 20 heavy (non-hydrogen) atoms. The number of hydrogen-bond acceptors (Lipinski definition) is 2. The largest absolute Gasteiger partial charge is 0.387 e. The van der Waals surface area contributed by atoms with Crippen LogP contribution in [-0.4, -0.2) is 14.5 Å². The third kappa shape index (κ3) is 1.96. The predicted octanol–water partition coefficient (Wildman–Crippen LogP) is 3.33. The van der Waals surface area contributed by atoms with Gasteiger partial charge in [-0.05, 0) is 43.3 Å². The Morgan fingerprint density at radius 2 is 1.85 bits per heavy atom. The van der Waals surface area contributed by atoms with Gasteiger partial charge in [0.1, 0.15) is 5.82 Å². The molecule has 0 radical (unpaired) electrons. The molecule has 1 unspecified atom stereocenters. The average Bonchev–Trinajstić information content (AvgIpc) is 2.80. The number of imidazole rings is 1. The lowest BCUT2D eigenvalue weighted by Crippen LogP contribution is -1.99. The molecule has 0 fully saturated rings. The number of halogens is 2. The summed E-state index contributed by atoms with van der Waals surface area (Å²) in [4.78, 5) is 4.24. The third-order valence-corrected chi connectivity index (χ3v) is 3.15. The summed E-state index contributed by atoms with van der Waals surface area (Å²) in [7, 11) is 0. The van der Waals surface area contributed by atoms with Crippen LogP contribution in [0.3, 0.4) is 0 Å². The second kappa shape index (κ2) is 4.68. The minimum atomic E-state index is -0.827. The summed E-state index contributed by atoms with van der Waals surface area (Å²) in [5.41, 5.74) is 1.70. The van der Waals surface area contributed by atoms with Crippen LogP contribution in [0.4, 0.5) is 8.78 Å². The summed E-state index contributed by atoms with van der Waals surface area (Å²) in [6.07, 6.45) is 0.812. The summed E-state index contributed by atoms with van der Waals surface area (Å²) in [5.74, 6) is -0.829. The number of aliphatic hydroxyl groups excluding tert-OH is 1. The van der Waals surface area contributed by atoms with Gasteiger partial charge < -0.3 is 5.11 Å². The molecule has 0 amide bonds. The maximum atomic E-state index is 13.8. The predicted molar refractivity (Wildman–Crippen MR) is 71.2 cm³/mol. The van der Waals surface area contributed by atoms with Crippen LogP contribution < -0.4 is 0 Å². The first-order valence-electron chi connectivity index (χ1n) is 6.18. The van der Waals surface area contributed by atoms with E-state index >= 15 is 0 Å². The van der Waals surface area contributed by atoms with Crippen molar-refractivity contribution >= 4 is 5.65 Å². The molecule has 0 bridgehead atoms. The lowest BCUT2D eigenvalue weighted by atomic mass is 10.1. The molecule has 3 rings (SSSR count). The number of rotatable bonds is 2. The van der Waals surface area contributed by atoms with E-state index in [1.165, 1.54) is 22.6 Å². The maximum Gasteiger partial charge on any atom is 0.174 e. The maximum absolute atomic E-state index is 13.8. The van der Waals surface area contributed by atoms with E-state index < -0.39 is 11.9 Å². The smallest absolute Gasteiger partial charge is 0.174 e. The van der Waals surface area contributed by atoms with Crippen molar-refractivity contribution in [2.45, 2.75) is 13.0 Å². The molecule has 2 aromatic heterocycles. The fraction of sp³-hybridized carbons (Fsp3) is 0.133.